The van der Waals surface area contributed by atoms with Crippen LogP contribution in [0.5, 0.6) is 11.5 Å². The van der Waals surface area contributed by atoms with Crippen molar-refractivity contribution in [3.63, 3.8) is 0 Å². The largest absolute Gasteiger partial charge is 0.486 e. The first-order chi connectivity index (χ1) is 11.8. The molecule has 0 radical (unpaired) electrons. The Morgan fingerprint density at radius 1 is 1.28 bits per heavy atom. The average molecular weight is 368 g/mol. The molecule has 7 nitrogen and oxygen atoms in total. The SMILES string of the molecule is CC1(CN)CCN(C(=O)CCS(=O)(=O)c2ccc3c(c2)OCCO3)C1. The number of ether oxygens (including phenoxy) is 2. The molecular formula is C17H24N2O5S. The summed E-state index contributed by atoms with van der Waals surface area (Å²) in [6.45, 7) is 4.64. The van der Waals surface area contributed by atoms with Gasteiger partial charge in [-0.25, -0.2) is 8.42 Å². The summed E-state index contributed by atoms with van der Waals surface area (Å²) in [5, 5.41) is 0. The van der Waals surface area contributed by atoms with Crippen molar-refractivity contribution in [1.82, 2.24) is 4.90 Å². The summed E-state index contributed by atoms with van der Waals surface area (Å²) in [7, 11) is -3.56. The first-order valence-corrected chi connectivity index (χ1v) is 10.1. The van der Waals surface area contributed by atoms with E-state index in [0.29, 0.717) is 44.3 Å². The van der Waals surface area contributed by atoms with Crippen molar-refractivity contribution in [1.29, 1.82) is 0 Å². The Labute approximate surface area is 148 Å². The van der Waals surface area contributed by atoms with E-state index >= 15 is 0 Å². The second-order valence-corrected chi connectivity index (χ2v) is 9.06. The van der Waals surface area contributed by atoms with Crippen molar-refractivity contribution in [2.24, 2.45) is 11.1 Å². The predicted octanol–water partition coefficient (Wildman–Crippen LogP) is 0.819. The van der Waals surface area contributed by atoms with Gasteiger partial charge in [0.25, 0.3) is 0 Å². The maximum absolute atomic E-state index is 12.5. The van der Waals surface area contributed by atoms with Gasteiger partial charge in [-0.05, 0) is 30.5 Å². The van der Waals surface area contributed by atoms with Crippen LogP contribution in [0.1, 0.15) is 19.8 Å². The zero-order chi connectivity index (χ0) is 18.1. The molecule has 1 atom stereocenters. The molecule has 0 spiro atoms. The minimum absolute atomic E-state index is 0.0303. The summed E-state index contributed by atoms with van der Waals surface area (Å²) in [6.07, 6.45) is 0.821. The lowest BCUT2D eigenvalue weighted by Crippen LogP contribution is -2.35. The van der Waals surface area contributed by atoms with Gasteiger partial charge in [-0.1, -0.05) is 6.92 Å². The molecule has 0 bridgehead atoms. The van der Waals surface area contributed by atoms with E-state index < -0.39 is 9.84 Å². The van der Waals surface area contributed by atoms with E-state index in [1.807, 2.05) is 6.92 Å². The number of nitrogens with zero attached hydrogens (tertiary/aromatic N) is 1. The summed E-state index contributed by atoms with van der Waals surface area (Å²) in [6, 6.07) is 4.56. The molecule has 1 fully saturated rings. The first kappa shape index (κ1) is 18.0. The van der Waals surface area contributed by atoms with E-state index in [-0.39, 0.29) is 28.4 Å². The molecule has 2 heterocycles. The number of likely N-dealkylation sites (tertiary alicyclic amines) is 1. The highest BCUT2D eigenvalue weighted by molar-refractivity contribution is 7.91. The molecule has 2 aliphatic rings. The van der Waals surface area contributed by atoms with Crippen molar-refractivity contribution >= 4 is 15.7 Å². The Hall–Kier alpha value is -1.80. The van der Waals surface area contributed by atoms with Crippen LogP contribution in [0, 0.1) is 5.41 Å². The Morgan fingerprint density at radius 2 is 2.00 bits per heavy atom. The molecule has 1 amide bonds. The standard InChI is InChI=1S/C17H24N2O5S/c1-17(11-18)5-6-19(12-17)16(20)4-9-25(21,22)13-2-3-14-15(10-13)24-8-7-23-14/h2-3,10H,4-9,11-12,18H2,1H3. The van der Waals surface area contributed by atoms with Crippen molar-refractivity contribution in [2.75, 3.05) is 38.6 Å². The third-order valence-corrected chi connectivity index (χ3v) is 6.57. The van der Waals surface area contributed by atoms with Gasteiger partial charge in [0.1, 0.15) is 13.2 Å². The fourth-order valence-corrected chi connectivity index (χ4v) is 4.36. The molecule has 2 aliphatic heterocycles. The quantitative estimate of drug-likeness (QED) is 0.826. The summed E-state index contributed by atoms with van der Waals surface area (Å²) in [5.41, 5.74) is 5.68. The van der Waals surface area contributed by atoms with Crippen LogP contribution in [0.3, 0.4) is 0 Å². The molecule has 8 heteroatoms. The highest BCUT2D eigenvalue weighted by Gasteiger charge is 2.35. The number of hydrogen-bond donors (Lipinski definition) is 1. The lowest BCUT2D eigenvalue weighted by atomic mass is 9.90. The van der Waals surface area contributed by atoms with Crippen LogP contribution >= 0.6 is 0 Å². The van der Waals surface area contributed by atoms with Crippen LogP contribution in [0.2, 0.25) is 0 Å². The van der Waals surface area contributed by atoms with Gasteiger partial charge in [0, 0.05) is 25.6 Å². The van der Waals surface area contributed by atoms with Crippen LogP contribution in [0.25, 0.3) is 0 Å². The minimum atomic E-state index is -3.56. The molecule has 0 saturated carbocycles. The number of hydrogen-bond acceptors (Lipinski definition) is 6. The topological polar surface area (TPSA) is 98.9 Å². The van der Waals surface area contributed by atoms with Gasteiger partial charge in [-0.3, -0.25) is 4.79 Å². The van der Waals surface area contributed by atoms with Gasteiger partial charge in [0.05, 0.1) is 10.6 Å². The lowest BCUT2D eigenvalue weighted by Gasteiger charge is -2.22. The van der Waals surface area contributed by atoms with Gasteiger partial charge in [0.2, 0.25) is 5.91 Å². The van der Waals surface area contributed by atoms with Crippen molar-refractivity contribution in [3.8, 4) is 11.5 Å². The molecule has 1 unspecified atom stereocenters. The van der Waals surface area contributed by atoms with Crippen LogP contribution in [0.15, 0.2) is 23.1 Å². The summed E-state index contributed by atoms with van der Waals surface area (Å²) in [5.74, 6) is 0.607. The van der Waals surface area contributed by atoms with Gasteiger partial charge in [-0.15, -0.1) is 0 Å². The number of rotatable bonds is 5. The molecule has 138 valence electrons. The maximum atomic E-state index is 12.5. The van der Waals surface area contributed by atoms with E-state index in [9.17, 15) is 13.2 Å². The zero-order valence-electron chi connectivity index (χ0n) is 14.4. The van der Waals surface area contributed by atoms with E-state index in [4.69, 9.17) is 15.2 Å². The summed E-state index contributed by atoms with van der Waals surface area (Å²) >= 11 is 0. The van der Waals surface area contributed by atoms with Crippen LogP contribution < -0.4 is 15.2 Å². The molecule has 1 aromatic carbocycles. The van der Waals surface area contributed by atoms with Crippen molar-refractivity contribution < 1.29 is 22.7 Å². The van der Waals surface area contributed by atoms with E-state index in [0.717, 1.165) is 6.42 Å². The Bertz CT molecular complexity index is 764. The molecule has 1 saturated heterocycles. The van der Waals surface area contributed by atoms with Gasteiger partial charge >= 0.3 is 0 Å². The molecule has 0 aliphatic carbocycles. The van der Waals surface area contributed by atoms with Gasteiger partial charge < -0.3 is 20.1 Å². The Morgan fingerprint density at radius 3 is 2.68 bits per heavy atom. The molecule has 2 N–H and O–H groups in total. The molecule has 0 aromatic heterocycles. The fraction of sp³-hybridized carbons (Fsp3) is 0.588. The monoisotopic (exact) mass is 368 g/mol. The number of fused-ring (bicyclic) bond motifs is 1. The van der Waals surface area contributed by atoms with Gasteiger partial charge in [0.15, 0.2) is 21.3 Å². The second kappa shape index (κ2) is 6.84. The highest BCUT2D eigenvalue weighted by Crippen LogP contribution is 2.33. The number of carbonyl (C=O) groups excluding carboxylic acids is 1. The number of sulfone groups is 1. The van der Waals surface area contributed by atoms with E-state index in [1.165, 1.54) is 12.1 Å². The third kappa shape index (κ3) is 3.90. The zero-order valence-corrected chi connectivity index (χ0v) is 15.2. The average Bonchev–Trinajstić information content (AvgIpc) is 3.02. The molecular weight excluding hydrogens is 344 g/mol. The second-order valence-electron chi connectivity index (χ2n) is 6.95. The number of amides is 1. The molecule has 1 aromatic rings. The van der Waals surface area contributed by atoms with Crippen LogP contribution in [-0.2, 0) is 14.6 Å². The number of carbonyl (C=O) groups is 1. The minimum Gasteiger partial charge on any atom is -0.486 e. The summed E-state index contributed by atoms with van der Waals surface area (Å²) < 4.78 is 35.9. The molecule has 25 heavy (non-hydrogen) atoms. The van der Waals surface area contributed by atoms with Crippen LogP contribution in [0.4, 0.5) is 0 Å². The smallest absolute Gasteiger partial charge is 0.223 e. The van der Waals surface area contributed by atoms with Crippen molar-refractivity contribution in [3.05, 3.63) is 18.2 Å². The maximum Gasteiger partial charge on any atom is 0.223 e. The number of nitrogens with two attached hydrogens (primary N) is 1. The molecule has 3 rings (SSSR count). The van der Waals surface area contributed by atoms with Crippen LogP contribution in [-0.4, -0.2) is 57.8 Å². The normalized spacial score (nSPS) is 22.9. The first-order valence-electron chi connectivity index (χ1n) is 8.43. The lowest BCUT2D eigenvalue weighted by molar-refractivity contribution is -0.130. The fourth-order valence-electron chi connectivity index (χ4n) is 3.12. The summed E-state index contributed by atoms with van der Waals surface area (Å²) in [4.78, 5) is 14.2. The van der Waals surface area contributed by atoms with Crippen molar-refractivity contribution in [2.45, 2.75) is 24.7 Å². The predicted molar refractivity (Wildman–Crippen MR) is 92.5 cm³/mol. The van der Waals surface area contributed by atoms with E-state index in [2.05, 4.69) is 0 Å². The third-order valence-electron chi connectivity index (χ3n) is 4.86. The van der Waals surface area contributed by atoms with Gasteiger partial charge in [-0.2, -0.15) is 0 Å². The Kier molecular flexibility index (Phi) is 4.92. The highest BCUT2D eigenvalue weighted by atomic mass is 32.2. The Balaban J connectivity index is 1.63. The van der Waals surface area contributed by atoms with E-state index in [1.54, 1.807) is 11.0 Å². The number of benzene rings is 1.